The van der Waals surface area contributed by atoms with E-state index in [0.29, 0.717) is 18.7 Å². The molecule has 0 unspecified atom stereocenters. The van der Waals surface area contributed by atoms with Crippen LogP contribution < -0.4 is 5.32 Å². The van der Waals surface area contributed by atoms with Crippen molar-refractivity contribution in [1.82, 2.24) is 10.2 Å². The Labute approximate surface area is 141 Å². The average Bonchev–Trinajstić information content (AvgIpc) is 2.57. The fourth-order valence-corrected chi connectivity index (χ4v) is 2.42. The van der Waals surface area contributed by atoms with Crippen LogP contribution in [0.1, 0.15) is 28.4 Å². The molecule has 0 aromatic heterocycles. The van der Waals surface area contributed by atoms with Gasteiger partial charge in [-0.1, -0.05) is 30.3 Å². The van der Waals surface area contributed by atoms with Crippen LogP contribution >= 0.6 is 0 Å². The highest BCUT2D eigenvalue weighted by Crippen LogP contribution is 2.08. The number of aryl methyl sites for hydroxylation is 1. The number of nitrogens with one attached hydrogen (secondary N) is 1. The van der Waals surface area contributed by atoms with Crippen molar-refractivity contribution in [2.45, 2.75) is 20.4 Å². The molecule has 1 N–H and O–H groups in total. The monoisotopic (exact) mass is 328 g/mol. The number of carbonyl (C=O) groups excluding carboxylic acids is 2. The molecule has 0 saturated heterocycles. The van der Waals surface area contributed by atoms with E-state index in [2.05, 4.69) is 5.32 Å². The van der Waals surface area contributed by atoms with Crippen LogP contribution in [-0.2, 0) is 11.3 Å². The van der Waals surface area contributed by atoms with E-state index in [0.717, 1.165) is 11.1 Å². The lowest BCUT2D eigenvalue weighted by molar-refractivity contribution is -0.130. The van der Waals surface area contributed by atoms with E-state index in [9.17, 15) is 14.0 Å². The molecule has 0 aliphatic carbocycles. The van der Waals surface area contributed by atoms with Gasteiger partial charge in [0.1, 0.15) is 5.82 Å². The molecule has 0 heterocycles. The Hall–Kier alpha value is -2.69. The zero-order valence-corrected chi connectivity index (χ0v) is 13.9. The lowest BCUT2D eigenvalue weighted by Gasteiger charge is -2.21. The Kier molecular flexibility index (Phi) is 6.07. The highest BCUT2D eigenvalue weighted by Gasteiger charge is 2.15. The largest absolute Gasteiger partial charge is 0.343 e. The first-order valence-corrected chi connectivity index (χ1v) is 7.87. The van der Waals surface area contributed by atoms with E-state index < -0.39 is 0 Å². The predicted molar refractivity (Wildman–Crippen MR) is 91.0 cm³/mol. The molecule has 0 atom stereocenters. The molecule has 0 spiro atoms. The van der Waals surface area contributed by atoms with Gasteiger partial charge in [0, 0.05) is 18.7 Å². The number of rotatable bonds is 6. The molecule has 0 fully saturated rings. The van der Waals surface area contributed by atoms with Crippen LogP contribution in [0.2, 0.25) is 0 Å². The molecule has 0 bridgehead atoms. The van der Waals surface area contributed by atoms with Gasteiger partial charge in [-0.15, -0.1) is 0 Å². The predicted octanol–water partition coefficient (Wildman–Crippen LogP) is 2.91. The van der Waals surface area contributed by atoms with Crippen molar-refractivity contribution in [2.24, 2.45) is 0 Å². The third-order valence-corrected chi connectivity index (χ3v) is 3.79. The summed E-state index contributed by atoms with van der Waals surface area (Å²) in [6.07, 6.45) is 0. The highest BCUT2D eigenvalue weighted by atomic mass is 19.1. The van der Waals surface area contributed by atoms with E-state index in [1.165, 1.54) is 12.1 Å². The van der Waals surface area contributed by atoms with Gasteiger partial charge < -0.3 is 10.2 Å². The maximum absolute atomic E-state index is 13.2. The second-order valence-electron chi connectivity index (χ2n) is 5.54. The Balaban J connectivity index is 1.95. The summed E-state index contributed by atoms with van der Waals surface area (Å²) in [5.41, 5.74) is 2.13. The molecule has 0 aliphatic heterocycles. The number of hydrogen-bond acceptors (Lipinski definition) is 2. The molecular weight excluding hydrogens is 307 g/mol. The summed E-state index contributed by atoms with van der Waals surface area (Å²) in [6, 6.07) is 13.4. The zero-order valence-electron chi connectivity index (χ0n) is 13.9. The van der Waals surface area contributed by atoms with Crippen molar-refractivity contribution >= 4 is 11.8 Å². The van der Waals surface area contributed by atoms with Crippen molar-refractivity contribution in [1.29, 1.82) is 0 Å². The number of likely N-dealkylation sites (N-methyl/N-ethyl adjacent to an activating group) is 1. The van der Waals surface area contributed by atoms with Gasteiger partial charge >= 0.3 is 0 Å². The van der Waals surface area contributed by atoms with Crippen LogP contribution in [0.15, 0.2) is 48.5 Å². The molecule has 5 heteroatoms. The second kappa shape index (κ2) is 8.24. The van der Waals surface area contributed by atoms with Gasteiger partial charge in [0.05, 0.1) is 6.54 Å². The van der Waals surface area contributed by atoms with Crippen LogP contribution in [0.5, 0.6) is 0 Å². The molecule has 0 radical (unpaired) electrons. The van der Waals surface area contributed by atoms with Gasteiger partial charge in [-0.3, -0.25) is 9.59 Å². The number of halogens is 1. The Morgan fingerprint density at radius 1 is 1.12 bits per heavy atom. The van der Waals surface area contributed by atoms with Gasteiger partial charge in [-0.2, -0.15) is 0 Å². The van der Waals surface area contributed by atoms with Crippen LogP contribution in [-0.4, -0.2) is 29.8 Å². The molecule has 2 rings (SSSR count). The number of hydrogen-bond donors (Lipinski definition) is 1. The zero-order chi connectivity index (χ0) is 17.5. The minimum Gasteiger partial charge on any atom is -0.343 e. The number of carbonyl (C=O) groups is 2. The molecular formula is C19H21FN2O2. The normalized spacial score (nSPS) is 10.3. The third-order valence-electron chi connectivity index (χ3n) is 3.79. The Morgan fingerprint density at radius 2 is 1.88 bits per heavy atom. The summed E-state index contributed by atoms with van der Waals surface area (Å²) in [5, 5.41) is 2.65. The SMILES string of the molecule is CCN(Cc1cccc(F)c1)C(=O)CNC(=O)c1ccccc1C. The molecule has 126 valence electrons. The van der Waals surface area contributed by atoms with E-state index in [4.69, 9.17) is 0 Å². The van der Waals surface area contributed by atoms with Crippen LogP contribution in [0, 0.1) is 12.7 Å². The maximum Gasteiger partial charge on any atom is 0.251 e. The van der Waals surface area contributed by atoms with Gasteiger partial charge in [-0.25, -0.2) is 4.39 Å². The summed E-state index contributed by atoms with van der Waals surface area (Å²) in [6.45, 7) is 4.40. The maximum atomic E-state index is 13.2. The van der Waals surface area contributed by atoms with Crippen molar-refractivity contribution in [3.63, 3.8) is 0 Å². The van der Waals surface area contributed by atoms with Crippen molar-refractivity contribution < 1.29 is 14.0 Å². The summed E-state index contributed by atoms with van der Waals surface area (Å²) >= 11 is 0. The fourth-order valence-electron chi connectivity index (χ4n) is 2.42. The van der Waals surface area contributed by atoms with Crippen molar-refractivity contribution in [3.05, 3.63) is 71.0 Å². The number of benzene rings is 2. The van der Waals surface area contributed by atoms with E-state index >= 15 is 0 Å². The van der Waals surface area contributed by atoms with Gasteiger partial charge in [-0.05, 0) is 43.2 Å². The lowest BCUT2D eigenvalue weighted by atomic mass is 10.1. The van der Waals surface area contributed by atoms with E-state index in [1.807, 2.05) is 26.0 Å². The summed E-state index contributed by atoms with van der Waals surface area (Å²) < 4.78 is 13.2. The number of amides is 2. The quantitative estimate of drug-likeness (QED) is 0.886. The lowest BCUT2D eigenvalue weighted by Crippen LogP contribution is -2.39. The van der Waals surface area contributed by atoms with Crippen LogP contribution in [0.4, 0.5) is 4.39 Å². The van der Waals surface area contributed by atoms with Crippen molar-refractivity contribution in [3.8, 4) is 0 Å². The van der Waals surface area contributed by atoms with E-state index in [1.54, 1.807) is 29.2 Å². The Bertz CT molecular complexity index is 731. The molecule has 0 aliphatic rings. The molecule has 2 aromatic carbocycles. The minimum absolute atomic E-state index is 0.0870. The van der Waals surface area contributed by atoms with Crippen molar-refractivity contribution in [2.75, 3.05) is 13.1 Å². The third kappa shape index (κ3) is 4.65. The van der Waals surface area contributed by atoms with Crippen LogP contribution in [0.3, 0.4) is 0 Å². The Morgan fingerprint density at radius 3 is 2.54 bits per heavy atom. The smallest absolute Gasteiger partial charge is 0.251 e. The molecule has 24 heavy (non-hydrogen) atoms. The standard InChI is InChI=1S/C19H21FN2O2/c1-3-22(13-15-8-6-9-16(20)11-15)18(23)12-21-19(24)17-10-5-4-7-14(17)2/h4-11H,3,12-13H2,1-2H3,(H,21,24). The minimum atomic E-state index is -0.330. The van der Waals surface area contributed by atoms with Gasteiger partial charge in [0.15, 0.2) is 0 Å². The average molecular weight is 328 g/mol. The molecule has 4 nitrogen and oxygen atoms in total. The fraction of sp³-hybridized carbons (Fsp3) is 0.263. The van der Waals surface area contributed by atoms with Crippen LogP contribution in [0.25, 0.3) is 0 Å². The molecule has 2 aromatic rings. The molecule has 2 amide bonds. The summed E-state index contributed by atoms with van der Waals surface area (Å²) in [5.74, 6) is -0.809. The first kappa shape index (κ1) is 17.7. The number of nitrogens with zero attached hydrogens (tertiary/aromatic N) is 1. The summed E-state index contributed by atoms with van der Waals surface area (Å²) in [7, 11) is 0. The summed E-state index contributed by atoms with van der Waals surface area (Å²) in [4.78, 5) is 26.0. The molecule has 0 saturated carbocycles. The topological polar surface area (TPSA) is 49.4 Å². The second-order valence-corrected chi connectivity index (χ2v) is 5.54. The first-order chi connectivity index (χ1) is 11.5. The first-order valence-electron chi connectivity index (χ1n) is 7.87. The van der Waals surface area contributed by atoms with E-state index in [-0.39, 0.29) is 24.2 Å². The van der Waals surface area contributed by atoms with Gasteiger partial charge in [0.25, 0.3) is 5.91 Å². The van der Waals surface area contributed by atoms with Gasteiger partial charge in [0.2, 0.25) is 5.91 Å². The highest BCUT2D eigenvalue weighted by molar-refractivity contribution is 5.97.